The molecule has 3 rings (SSSR count). The molecule has 5 nitrogen and oxygen atoms in total. The fraction of sp³-hybridized carbons (Fsp3) is 0.200. The first-order chi connectivity index (χ1) is 12.1. The number of carbonyl (C=O) groups excluding carboxylic acids is 1. The van der Waals surface area contributed by atoms with Gasteiger partial charge in [0, 0.05) is 29.1 Å². The van der Waals surface area contributed by atoms with Crippen LogP contribution in [-0.4, -0.2) is 13.0 Å². The van der Waals surface area contributed by atoms with Gasteiger partial charge in [-0.3, -0.25) is 4.79 Å². The SMILES string of the molecule is COc1ccc2c(C)c(CCC(=O)Nc3ccccc3)c(=O)oc2c1. The lowest BCUT2D eigenvalue weighted by Crippen LogP contribution is -2.16. The van der Waals surface area contributed by atoms with Crippen LogP contribution in [0.2, 0.25) is 0 Å². The topological polar surface area (TPSA) is 68.5 Å². The molecule has 128 valence electrons. The zero-order chi connectivity index (χ0) is 17.8. The molecule has 2 aromatic carbocycles. The minimum Gasteiger partial charge on any atom is -0.497 e. The molecule has 5 heteroatoms. The fourth-order valence-electron chi connectivity index (χ4n) is 2.77. The van der Waals surface area contributed by atoms with Gasteiger partial charge in [0.1, 0.15) is 11.3 Å². The van der Waals surface area contributed by atoms with Gasteiger partial charge in [0.05, 0.1) is 7.11 Å². The smallest absolute Gasteiger partial charge is 0.339 e. The number of fused-ring (bicyclic) bond motifs is 1. The van der Waals surface area contributed by atoms with Gasteiger partial charge < -0.3 is 14.5 Å². The summed E-state index contributed by atoms with van der Waals surface area (Å²) in [6, 6.07) is 14.6. The molecule has 0 spiro atoms. The summed E-state index contributed by atoms with van der Waals surface area (Å²) in [5.74, 6) is 0.491. The Morgan fingerprint density at radius 1 is 1.16 bits per heavy atom. The molecule has 0 fully saturated rings. The van der Waals surface area contributed by atoms with E-state index >= 15 is 0 Å². The maximum atomic E-state index is 12.3. The molecule has 0 bridgehead atoms. The number of aryl methyl sites for hydroxylation is 1. The van der Waals surface area contributed by atoms with Gasteiger partial charge in [-0.05, 0) is 43.2 Å². The molecule has 3 aromatic rings. The predicted octanol–water partition coefficient (Wildman–Crippen LogP) is 3.68. The average Bonchev–Trinajstić information content (AvgIpc) is 2.61. The van der Waals surface area contributed by atoms with Gasteiger partial charge in [-0.2, -0.15) is 0 Å². The highest BCUT2D eigenvalue weighted by Crippen LogP contribution is 2.24. The number of hydrogen-bond donors (Lipinski definition) is 1. The van der Waals surface area contributed by atoms with Crippen molar-refractivity contribution in [3.8, 4) is 5.75 Å². The van der Waals surface area contributed by atoms with Crippen LogP contribution in [0.5, 0.6) is 5.75 Å². The van der Waals surface area contributed by atoms with E-state index in [0.29, 0.717) is 23.3 Å². The van der Waals surface area contributed by atoms with Crippen molar-refractivity contribution in [3.05, 3.63) is 70.1 Å². The van der Waals surface area contributed by atoms with Crippen LogP contribution >= 0.6 is 0 Å². The van der Waals surface area contributed by atoms with Crippen molar-refractivity contribution >= 4 is 22.6 Å². The molecule has 1 heterocycles. The van der Waals surface area contributed by atoms with Gasteiger partial charge in [-0.25, -0.2) is 4.79 Å². The third kappa shape index (κ3) is 3.71. The van der Waals surface area contributed by atoms with Gasteiger partial charge in [0.25, 0.3) is 0 Å². The van der Waals surface area contributed by atoms with Crippen molar-refractivity contribution in [3.63, 3.8) is 0 Å². The fourth-order valence-corrected chi connectivity index (χ4v) is 2.77. The van der Waals surface area contributed by atoms with Crippen LogP contribution in [0.25, 0.3) is 11.0 Å². The Bertz CT molecular complexity index is 961. The molecule has 0 saturated carbocycles. The molecule has 0 unspecified atom stereocenters. The zero-order valence-electron chi connectivity index (χ0n) is 14.2. The summed E-state index contributed by atoms with van der Waals surface area (Å²) >= 11 is 0. The summed E-state index contributed by atoms with van der Waals surface area (Å²) in [5.41, 5.74) is 2.18. The summed E-state index contributed by atoms with van der Waals surface area (Å²) < 4.78 is 10.6. The minimum absolute atomic E-state index is 0.139. The normalized spacial score (nSPS) is 10.6. The number of methoxy groups -OCH3 is 1. The van der Waals surface area contributed by atoms with E-state index in [1.807, 2.05) is 49.4 Å². The van der Waals surface area contributed by atoms with Gasteiger partial charge in [0.2, 0.25) is 5.91 Å². The lowest BCUT2D eigenvalue weighted by atomic mass is 10.0. The molecular formula is C20H19NO4. The van der Waals surface area contributed by atoms with Gasteiger partial charge in [-0.15, -0.1) is 0 Å². The van der Waals surface area contributed by atoms with Crippen LogP contribution in [0.3, 0.4) is 0 Å². The van der Waals surface area contributed by atoms with Crippen LogP contribution in [0.15, 0.2) is 57.7 Å². The first-order valence-corrected chi connectivity index (χ1v) is 8.03. The Morgan fingerprint density at radius 3 is 2.64 bits per heavy atom. The number of nitrogens with one attached hydrogen (secondary N) is 1. The first-order valence-electron chi connectivity index (χ1n) is 8.03. The molecule has 0 aliphatic carbocycles. The summed E-state index contributed by atoms with van der Waals surface area (Å²) in [7, 11) is 1.56. The summed E-state index contributed by atoms with van der Waals surface area (Å²) in [5, 5.41) is 3.66. The van der Waals surface area contributed by atoms with Crippen molar-refractivity contribution in [1.82, 2.24) is 0 Å². The number of para-hydroxylation sites is 1. The van der Waals surface area contributed by atoms with E-state index in [0.717, 1.165) is 16.6 Å². The van der Waals surface area contributed by atoms with Crippen LogP contribution < -0.4 is 15.7 Å². The van der Waals surface area contributed by atoms with Crippen LogP contribution in [0.4, 0.5) is 5.69 Å². The van der Waals surface area contributed by atoms with E-state index < -0.39 is 5.63 Å². The largest absolute Gasteiger partial charge is 0.497 e. The van der Waals surface area contributed by atoms with Crippen LogP contribution in [0.1, 0.15) is 17.5 Å². The Kier molecular flexibility index (Phi) is 4.84. The number of hydrogen-bond acceptors (Lipinski definition) is 4. The molecule has 0 saturated heterocycles. The van der Waals surface area contributed by atoms with E-state index in [4.69, 9.17) is 9.15 Å². The number of ether oxygens (including phenoxy) is 1. The number of anilines is 1. The quantitative estimate of drug-likeness (QED) is 0.721. The highest BCUT2D eigenvalue weighted by atomic mass is 16.5. The zero-order valence-corrected chi connectivity index (χ0v) is 14.2. The molecule has 1 aromatic heterocycles. The highest BCUT2D eigenvalue weighted by molar-refractivity contribution is 5.91. The second kappa shape index (κ2) is 7.21. The van der Waals surface area contributed by atoms with Gasteiger partial charge in [0.15, 0.2) is 0 Å². The molecule has 0 radical (unpaired) electrons. The molecular weight excluding hydrogens is 318 g/mol. The molecule has 1 N–H and O–H groups in total. The van der Waals surface area contributed by atoms with Crippen LogP contribution in [0, 0.1) is 6.92 Å². The van der Waals surface area contributed by atoms with E-state index in [1.54, 1.807) is 13.2 Å². The third-order valence-corrected chi connectivity index (χ3v) is 4.15. The molecule has 0 aliphatic rings. The average molecular weight is 337 g/mol. The van der Waals surface area contributed by atoms with Crippen LogP contribution in [-0.2, 0) is 11.2 Å². The van der Waals surface area contributed by atoms with Crippen molar-refractivity contribution in [2.75, 3.05) is 12.4 Å². The van der Waals surface area contributed by atoms with Crippen molar-refractivity contribution in [2.45, 2.75) is 19.8 Å². The number of rotatable bonds is 5. The maximum Gasteiger partial charge on any atom is 0.339 e. The Labute approximate surface area is 145 Å². The molecule has 25 heavy (non-hydrogen) atoms. The van der Waals surface area contributed by atoms with Crippen molar-refractivity contribution in [1.29, 1.82) is 0 Å². The molecule has 1 amide bonds. The number of benzene rings is 2. The standard InChI is InChI=1S/C20H19NO4/c1-13-16-9-8-15(24-2)12-18(16)25-20(23)17(13)10-11-19(22)21-14-6-4-3-5-7-14/h3-9,12H,10-11H2,1-2H3,(H,21,22). The Hall–Kier alpha value is -3.08. The highest BCUT2D eigenvalue weighted by Gasteiger charge is 2.13. The first kappa shape index (κ1) is 16.8. The minimum atomic E-state index is -0.411. The van der Waals surface area contributed by atoms with Gasteiger partial charge >= 0.3 is 5.63 Å². The van der Waals surface area contributed by atoms with E-state index in [9.17, 15) is 9.59 Å². The van der Waals surface area contributed by atoms with E-state index in [-0.39, 0.29) is 12.3 Å². The maximum absolute atomic E-state index is 12.3. The lowest BCUT2D eigenvalue weighted by Gasteiger charge is -2.09. The number of carbonyl (C=O) groups is 1. The summed E-state index contributed by atoms with van der Waals surface area (Å²) in [4.78, 5) is 24.4. The van der Waals surface area contributed by atoms with Crippen molar-refractivity contribution < 1.29 is 13.9 Å². The molecule has 0 aliphatic heterocycles. The second-order valence-electron chi connectivity index (χ2n) is 5.77. The van der Waals surface area contributed by atoms with Gasteiger partial charge in [-0.1, -0.05) is 18.2 Å². The number of amides is 1. The monoisotopic (exact) mass is 337 g/mol. The summed E-state index contributed by atoms with van der Waals surface area (Å²) in [6.07, 6.45) is 0.539. The predicted molar refractivity (Wildman–Crippen MR) is 97.2 cm³/mol. The van der Waals surface area contributed by atoms with E-state index in [1.165, 1.54) is 0 Å². The van der Waals surface area contributed by atoms with Crippen molar-refractivity contribution in [2.24, 2.45) is 0 Å². The lowest BCUT2D eigenvalue weighted by molar-refractivity contribution is -0.116. The Morgan fingerprint density at radius 2 is 1.92 bits per heavy atom. The third-order valence-electron chi connectivity index (χ3n) is 4.15. The van der Waals surface area contributed by atoms with E-state index in [2.05, 4.69) is 5.32 Å². The molecule has 0 atom stereocenters. The second-order valence-corrected chi connectivity index (χ2v) is 5.77. The Balaban J connectivity index is 1.79. The summed E-state index contributed by atoms with van der Waals surface area (Å²) in [6.45, 7) is 1.87.